The minimum absolute atomic E-state index is 0.00753. The van der Waals surface area contributed by atoms with Gasteiger partial charge in [0.1, 0.15) is 19.4 Å². The molecule has 2 amide bonds. The van der Waals surface area contributed by atoms with E-state index in [0.717, 1.165) is 37.3 Å². The van der Waals surface area contributed by atoms with E-state index in [0.29, 0.717) is 35.4 Å². The highest BCUT2D eigenvalue weighted by Gasteiger charge is 2.36. The van der Waals surface area contributed by atoms with Gasteiger partial charge in [-0.25, -0.2) is 4.58 Å². The summed E-state index contributed by atoms with van der Waals surface area (Å²) in [5.74, 6) is -0.538. The molecular weight excluding hydrogens is 480 g/mol. The number of ketones is 1. The van der Waals surface area contributed by atoms with Crippen LogP contribution >= 0.6 is 0 Å². The van der Waals surface area contributed by atoms with Crippen LogP contribution in [0, 0.1) is 0 Å². The minimum atomic E-state index is -0.183. The summed E-state index contributed by atoms with van der Waals surface area (Å²) in [6.07, 6.45) is 11.6. The molecule has 1 aromatic rings. The molecule has 8 nitrogen and oxygen atoms in total. The summed E-state index contributed by atoms with van der Waals surface area (Å²) >= 11 is 0. The van der Waals surface area contributed by atoms with Gasteiger partial charge in [-0.15, -0.1) is 0 Å². The molecule has 0 fully saturated rings. The topological polar surface area (TPSA) is 102 Å². The number of hydrogen-bond donors (Lipinski definition) is 3. The first-order valence-corrected chi connectivity index (χ1v) is 12.6. The second-order valence-electron chi connectivity index (χ2n) is 9.06. The zero-order valence-electron chi connectivity index (χ0n) is 22.0. The van der Waals surface area contributed by atoms with Gasteiger partial charge in [-0.1, -0.05) is 25.3 Å². The second-order valence-corrected chi connectivity index (χ2v) is 9.06. The molecule has 38 heavy (non-hydrogen) atoms. The highest BCUT2D eigenvalue weighted by atomic mass is 16.3. The zero-order valence-corrected chi connectivity index (χ0v) is 22.0. The molecule has 0 spiro atoms. The quantitative estimate of drug-likeness (QED) is 0.226. The Labute approximate surface area is 223 Å². The molecule has 3 N–H and O–H groups in total. The number of aliphatic hydroxyl groups excluding tert-OH is 1. The maximum Gasteiger partial charge on any atom is 0.243 e. The fourth-order valence-electron chi connectivity index (χ4n) is 4.16. The van der Waals surface area contributed by atoms with Gasteiger partial charge in [-0.05, 0) is 54.0 Å². The van der Waals surface area contributed by atoms with Crippen molar-refractivity contribution in [2.24, 2.45) is 0 Å². The third-order valence-corrected chi connectivity index (χ3v) is 6.43. The number of nitrogens with one attached hydrogen (secondary N) is 2. The first-order valence-electron chi connectivity index (χ1n) is 12.6. The number of anilines is 1. The van der Waals surface area contributed by atoms with Crippen molar-refractivity contribution in [2.45, 2.75) is 12.8 Å². The first kappa shape index (κ1) is 28.1. The van der Waals surface area contributed by atoms with Gasteiger partial charge < -0.3 is 20.6 Å². The maximum atomic E-state index is 13.0. The Hall–Kier alpha value is -4.46. The average Bonchev–Trinajstić information content (AvgIpc) is 2.93. The van der Waals surface area contributed by atoms with Crippen LogP contribution in [0.5, 0.6) is 0 Å². The number of Topliss-reactive ketones (excluding diaryl/α,β-unsaturated/α-hetero) is 1. The van der Waals surface area contributed by atoms with E-state index in [9.17, 15) is 19.5 Å². The predicted octanol–water partition coefficient (Wildman–Crippen LogP) is 2.87. The van der Waals surface area contributed by atoms with E-state index < -0.39 is 0 Å². The molecule has 1 aromatic carbocycles. The number of rotatable bonds is 12. The van der Waals surface area contributed by atoms with Crippen molar-refractivity contribution in [1.29, 1.82) is 0 Å². The summed E-state index contributed by atoms with van der Waals surface area (Å²) in [6, 6.07) is 7.50. The van der Waals surface area contributed by atoms with E-state index in [1.807, 2.05) is 62.7 Å². The van der Waals surface area contributed by atoms with Crippen molar-refractivity contribution in [2.75, 3.05) is 45.2 Å². The molecule has 3 rings (SSSR count). The molecule has 0 aromatic heterocycles. The summed E-state index contributed by atoms with van der Waals surface area (Å²) in [7, 11) is 3.92. The van der Waals surface area contributed by atoms with Crippen molar-refractivity contribution in [3.63, 3.8) is 0 Å². The fraction of sp³-hybridized carbons (Fsp3) is 0.267. The number of aliphatic hydroxyl groups is 1. The molecule has 0 unspecified atom stereocenters. The van der Waals surface area contributed by atoms with Gasteiger partial charge in [0.05, 0.1) is 11.1 Å². The van der Waals surface area contributed by atoms with Crippen LogP contribution < -0.4 is 15.5 Å². The van der Waals surface area contributed by atoms with Crippen LogP contribution in [-0.2, 0) is 14.4 Å². The van der Waals surface area contributed by atoms with Crippen LogP contribution in [-0.4, -0.2) is 73.3 Å². The molecule has 0 bridgehead atoms. The van der Waals surface area contributed by atoms with E-state index >= 15 is 0 Å². The van der Waals surface area contributed by atoms with Crippen molar-refractivity contribution < 1.29 is 24.1 Å². The molecule has 2 aliphatic rings. The van der Waals surface area contributed by atoms with Gasteiger partial charge in [0.25, 0.3) is 0 Å². The van der Waals surface area contributed by atoms with Gasteiger partial charge in [0.15, 0.2) is 5.71 Å². The van der Waals surface area contributed by atoms with E-state index in [-0.39, 0.29) is 23.4 Å². The standard InChI is InChI=1S/C30H34N4O4/c1-5-25(35)31-17-7-19-33(3)23-13-9-21(10-14-23)27-29(37)28(30(27)38)22-11-15-24(16-12-22)34(4)20-8-18-32-26(36)6-2/h5-6,9-16H,1-2,7-8,17-20H2,3-4H3,(H2-,31,32,35,36,37,38)/p+1. The Morgan fingerprint density at radius 3 is 2.08 bits per heavy atom. The van der Waals surface area contributed by atoms with E-state index in [1.165, 1.54) is 12.2 Å². The summed E-state index contributed by atoms with van der Waals surface area (Å²) in [5, 5.41) is 16.2. The van der Waals surface area contributed by atoms with Gasteiger partial charge in [-0.2, -0.15) is 0 Å². The largest absolute Gasteiger partial charge is 0.506 e. The number of carbonyl (C=O) groups excluding carboxylic acids is 3. The Bertz CT molecular complexity index is 1260. The lowest BCUT2D eigenvalue weighted by Gasteiger charge is -2.24. The molecule has 2 aliphatic carbocycles. The lowest BCUT2D eigenvalue weighted by Crippen LogP contribution is -2.27. The Morgan fingerprint density at radius 2 is 1.53 bits per heavy atom. The minimum Gasteiger partial charge on any atom is -0.506 e. The number of carbonyl (C=O) groups is 3. The molecule has 0 radical (unpaired) electrons. The predicted molar refractivity (Wildman–Crippen MR) is 151 cm³/mol. The van der Waals surface area contributed by atoms with Crippen LogP contribution in [0.15, 0.2) is 90.8 Å². The Morgan fingerprint density at radius 1 is 0.947 bits per heavy atom. The molecule has 0 aliphatic heterocycles. The smallest absolute Gasteiger partial charge is 0.243 e. The van der Waals surface area contributed by atoms with Gasteiger partial charge in [0, 0.05) is 50.9 Å². The summed E-state index contributed by atoms with van der Waals surface area (Å²) in [4.78, 5) is 37.5. The van der Waals surface area contributed by atoms with Crippen LogP contribution in [0.25, 0.3) is 5.57 Å². The number of hydrogen-bond acceptors (Lipinski definition) is 5. The van der Waals surface area contributed by atoms with Crippen molar-refractivity contribution in [1.82, 2.24) is 10.6 Å². The SMILES string of the molecule is C=CC(=O)NCCCN(C)c1ccc(C2=C(O)C(=C3C=CC(=[N+](C)CCCNC(=O)C=C)C=C3)C2=O)cc1. The third-order valence-electron chi connectivity index (χ3n) is 6.43. The average molecular weight is 516 g/mol. The van der Waals surface area contributed by atoms with E-state index in [1.54, 1.807) is 0 Å². The normalized spacial score (nSPS) is 14.3. The summed E-state index contributed by atoms with van der Waals surface area (Å²) in [5.41, 5.74) is 3.94. The summed E-state index contributed by atoms with van der Waals surface area (Å²) < 4.78 is 2.06. The number of allylic oxidation sites excluding steroid dienone is 7. The Balaban J connectivity index is 1.61. The fourth-order valence-corrected chi connectivity index (χ4v) is 4.16. The van der Waals surface area contributed by atoms with Crippen molar-refractivity contribution in [3.8, 4) is 0 Å². The zero-order chi connectivity index (χ0) is 27.7. The van der Waals surface area contributed by atoms with Gasteiger partial charge in [-0.3, -0.25) is 14.4 Å². The van der Waals surface area contributed by atoms with Crippen molar-refractivity contribution >= 4 is 34.6 Å². The van der Waals surface area contributed by atoms with Gasteiger partial charge in [0.2, 0.25) is 17.6 Å². The molecule has 198 valence electrons. The molecule has 8 heteroatoms. The Kier molecular flexibility index (Phi) is 9.76. The van der Waals surface area contributed by atoms with Crippen LogP contribution in [0.4, 0.5) is 5.69 Å². The monoisotopic (exact) mass is 515 g/mol. The molecule has 0 atom stereocenters. The molecular formula is C30H35N4O4+. The van der Waals surface area contributed by atoms with Gasteiger partial charge >= 0.3 is 0 Å². The maximum absolute atomic E-state index is 13.0. The van der Waals surface area contributed by atoms with Crippen LogP contribution in [0.3, 0.4) is 0 Å². The lowest BCUT2D eigenvalue weighted by molar-refractivity contribution is -0.495. The first-order chi connectivity index (χ1) is 18.3. The molecule has 0 heterocycles. The number of amides is 2. The second kappa shape index (κ2) is 13.2. The van der Waals surface area contributed by atoms with E-state index in [4.69, 9.17) is 0 Å². The highest BCUT2D eigenvalue weighted by molar-refractivity contribution is 6.39. The van der Waals surface area contributed by atoms with Crippen LogP contribution in [0.2, 0.25) is 0 Å². The lowest BCUT2D eigenvalue weighted by atomic mass is 9.80. The van der Waals surface area contributed by atoms with E-state index in [2.05, 4.69) is 33.3 Å². The number of nitrogens with zero attached hydrogens (tertiary/aromatic N) is 2. The van der Waals surface area contributed by atoms with Crippen molar-refractivity contribution in [3.05, 3.63) is 96.3 Å². The number of benzene rings is 1. The third kappa shape index (κ3) is 6.85. The molecule has 0 saturated heterocycles. The summed E-state index contributed by atoms with van der Waals surface area (Å²) in [6.45, 7) is 9.49. The van der Waals surface area contributed by atoms with Crippen LogP contribution in [0.1, 0.15) is 18.4 Å². The molecule has 0 saturated carbocycles. The highest BCUT2D eigenvalue weighted by Crippen LogP contribution is 2.39.